The first-order chi connectivity index (χ1) is 11.9. The monoisotopic (exact) mass is 364 g/mol. The van der Waals surface area contributed by atoms with Crippen molar-refractivity contribution < 1.29 is 19.1 Å². The SMILES string of the molecule is CC(C)N(CCC(=O)O)C(=O)CCc1ncc(-c2ccc(Cl)cc2)o1. The number of carbonyl (C=O) groups is 2. The lowest BCUT2D eigenvalue weighted by Gasteiger charge is -2.26. The molecule has 1 heterocycles. The Bertz CT molecular complexity index is 725. The lowest BCUT2D eigenvalue weighted by molar-refractivity contribution is -0.139. The van der Waals surface area contributed by atoms with Crippen LogP contribution in [-0.4, -0.2) is 39.5 Å². The number of aromatic nitrogens is 1. The van der Waals surface area contributed by atoms with Crippen molar-refractivity contribution in [2.75, 3.05) is 6.54 Å². The highest BCUT2D eigenvalue weighted by atomic mass is 35.5. The van der Waals surface area contributed by atoms with Gasteiger partial charge in [0.2, 0.25) is 5.91 Å². The molecule has 0 bridgehead atoms. The van der Waals surface area contributed by atoms with Gasteiger partial charge in [0.05, 0.1) is 12.6 Å². The van der Waals surface area contributed by atoms with Gasteiger partial charge in [0.25, 0.3) is 0 Å². The van der Waals surface area contributed by atoms with Crippen LogP contribution in [0.5, 0.6) is 0 Å². The zero-order valence-electron chi connectivity index (χ0n) is 14.2. The Morgan fingerprint density at radius 3 is 2.52 bits per heavy atom. The number of benzene rings is 1. The number of aryl methyl sites for hydroxylation is 1. The average Bonchev–Trinajstić information content (AvgIpc) is 3.02. The van der Waals surface area contributed by atoms with Crippen LogP contribution in [0.2, 0.25) is 5.02 Å². The van der Waals surface area contributed by atoms with Gasteiger partial charge < -0.3 is 14.4 Å². The fourth-order valence-corrected chi connectivity index (χ4v) is 2.54. The molecule has 2 rings (SSSR count). The molecule has 1 aromatic carbocycles. The van der Waals surface area contributed by atoms with Crippen LogP contribution < -0.4 is 0 Å². The van der Waals surface area contributed by atoms with Crippen LogP contribution in [-0.2, 0) is 16.0 Å². The number of amides is 1. The highest BCUT2D eigenvalue weighted by Crippen LogP contribution is 2.22. The number of nitrogens with zero attached hydrogens (tertiary/aromatic N) is 2. The normalized spacial score (nSPS) is 10.9. The molecule has 0 saturated carbocycles. The third-order valence-corrected chi connectivity index (χ3v) is 4.00. The van der Waals surface area contributed by atoms with Crippen LogP contribution in [0.3, 0.4) is 0 Å². The number of carboxylic acids is 1. The Kier molecular flexibility index (Phi) is 6.58. The first-order valence-electron chi connectivity index (χ1n) is 8.08. The van der Waals surface area contributed by atoms with E-state index in [9.17, 15) is 9.59 Å². The predicted octanol–water partition coefficient (Wildman–Crippen LogP) is 3.64. The van der Waals surface area contributed by atoms with E-state index < -0.39 is 5.97 Å². The maximum Gasteiger partial charge on any atom is 0.305 e. The molecule has 0 unspecified atom stereocenters. The summed E-state index contributed by atoms with van der Waals surface area (Å²) in [4.78, 5) is 28.8. The minimum absolute atomic E-state index is 0.0546. The first kappa shape index (κ1) is 19.0. The topological polar surface area (TPSA) is 83.6 Å². The summed E-state index contributed by atoms with van der Waals surface area (Å²) in [5, 5.41) is 9.43. The second-order valence-electron chi connectivity index (χ2n) is 5.95. The molecular formula is C18H21ClN2O4. The number of aliphatic carboxylic acids is 1. The van der Waals surface area contributed by atoms with E-state index in [1.165, 1.54) is 0 Å². The van der Waals surface area contributed by atoms with Gasteiger partial charge in [-0.2, -0.15) is 0 Å². The molecule has 1 amide bonds. The third kappa shape index (κ3) is 5.60. The molecule has 0 fully saturated rings. The molecule has 2 aromatic rings. The van der Waals surface area contributed by atoms with Gasteiger partial charge in [-0.25, -0.2) is 4.98 Å². The molecule has 0 radical (unpaired) electrons. The summed E-state index contributed by atoms with van der Waals surface area (Å²) >= 11 is 5.86. The van der Waals surface area contributed by atoms with Crippen molar-refractivity contribution >= 4 is 23.5 Å². The van der Waals surface area contributed by atoms with Crippen molar-refractivity contribution in [2.45, 2.75) is 39.2 Å². The summed E-state index contributed by atoms with van der Waals surface area (Å²) < 4.78 is 5.68. The van der Waals surface area contributed by atoms with Crippen molar-refractivity contribution in [2.24, 2.45) is 0 Å². The Morgan fingerprint density at radius 2 is 1.92 bits per heavy atom. The quantitative estimate of drug-likeness (QED) is 0.773. The van der Waals surface area contributed by atoms with Gasteiger partial charge in [-0.1, -0.05) is 11.6 Å². The Hall–Kier alpha value is -2.34. The standard InChI is InChI=1S/C18H21ClN2O4/c1-12(2)21(10-9-18(23)24)17(22)8-7-16-20-11-15(25-16)13-3-5-14(19)6-4-13/h3-6,11-12H,7-10H2,1-2H3,(H,23,24). The van der Waals surface area contributed by atoms with E-state index in [0.717, 1.165) is 5.56 Å². The fourth-order valence-electron chi connectivity index (χ4n) is 2.42. The van der Waals surface area contributed by atoms with Crippen molar-refractivity contribution in [3.8, 4) is 11.3 Å². The number of carbonyl (C=O) groups excluding carboxylic acids is 1. The van der Waals surface area contributed by atoms with E-state index in [0.29, 0.717) is 23.1 Å². The second kappa shape index (κ2) is 8.67. The summed E-state index contributed by atoms with van der Waals surface area (Å²) in [7, 11) is 0. The van der Waals surface area contributed by atoms with Crippen molar-refractivity contribution in [3.05, 3.63) is 41.4 Å². The Labute approximate surface area is 151 Å². The van der Waals surface area contributed by atoms with Crippen LogP contribution in [0.4, 0.5) is 0 Å². The van der Waals surface area contributed by atoms with Gasteiger partial charge in [-0.15, -0.1) is 0 Å². The molecule has 6 nitrogen and oxygen atoms in total. The minimum atomic E-state index is -0.918. The Morgan fingerprint density at radius 1 is 1.24 bits per heavy atom. The zero-order valence-corrected chi connectivity index (χ0v) is 15.0. The molecule has 0 aliphatic carbocycles. The zero-order chi connectivity index (χ0) is 18.4. The highest BCUT2D eigenvalue weighted by Gasteiger charge is 2.18. The van der Waals surface area contributed by atoms with Crippen LogP contribution in [0.25, 0.3) is 11.3 Å². The number of hydrogen-bond acceptors (Lipinski definition) is 4. The first-order valence-corrected chi connectivity index (χ1v) is 8.46. The van der Waals surface area contributed by atoms with E-state index in [1.807, 2.05) is 26.0 Å². The van der Waals surface area contributed by atoms with E-state index >= 15 is 0 Å². The van der Waals surface area contributed by atoms with Gasteiger partial charge >= 0.3 is 5.97 Å². The van der Waals surface area contributed by atoms with Crippen molar-refractivity contribution in [1.29, 1.82) is 0 Å². The Balaban J connectivity index is 1.95. The van der Waals surface area contributed by atoms with Crippen molar-refractivity contribution in [3.63, 3.8) is 0 Å². The lowest BCUT2D eigenvalue weighted by Crippen LogP contribution is -2.38. The van der Waals surface area contributed by atoms with Crippen LogP contribution in [0, 0.1) is 0 Å². The second-order valence-corrected chi connectivity index (χ2v) is 6.39. The number of halogens is 1. The summed E-state index contributed by atoms with van der Waals surface area (Å²) in [6.07, 6.45) is 2.14. The molecule has 0 atom stereocenters. The largest absolute Gasteiger partial charge is 0.481 e. The lowest BCUT2D eigenvalue weighted by atomic mass is 10.2. The molecule has 1 N–H and O–H groups in total. The summed E-state index contributed by atoms with van der Waals surface area (Å²) in [5.74, 6) is 0.0622. The molecule has 25 heavy (non-hydrogen) atoms. The predicted molar refractivity (Wildman–Crippen MR) is 94.4 cm³/mol. The maximum atomic E-state index is 12.3. The smallest absolute Gasteiger partial charge is 0.305 e. The van der Waals surface area contributed by atoms with Crippen molar-refractivity contribution in [1.82, 2.24) is 9.88 Å². The maximum absolute atomic E-state index is 12.3. The van der Waals surface area contributed by atoms with Gasteiger partial charge in [0, 0.05) is 36.0 Å². The van der Waals surface area contributed by atoms with Gasteiger partial charge in [-0.3, -0.25) is 9.59 Å². The van der Waals surface area contributed by atoms with Gasteiger partial charge in [-0.05, 0) is 38.1 Å². The van der Waals surface area contributed by atoms with Gasteiger partial charge in [0.15, 0.2) is 11.7 Å². The number of hydrogen-bond donors (Lipinski definition) is 1. The molecule has 0 aliphatic rings. The summed E-state index contributed by atoms with van der Waals surface area (Å²) in [6, 6.07) is 7.16. The van der Waals surface area contributed by atoms with E-state index in [2.05, 4.69) is 4.98 Å². The molecule has 0 aliphatic heterocycles. The highest BCUT2D eigenvalue weighted by molar-refractivity contribution is 6.30. The van der Waals surface area contributed by atoms with E-state index in [4.69, 9.17) is 21.1 Å². The molecule has 0 saturated heterocycles. The van der Waals surface area contributed by atoms with Crippen LogP contribution >= 0.6 is 11.6 Å². The van der Waals surface area contributed by atoms with Crippen LogP contribution in [0.1, 0.15) is 32.6 Å². The van der Waals surface area contributed by atoms with E-state index in [-0.39, 0.29) is 31.3 Å². The summed E-state index contributed by atoms with van der Waals surface area (Å²) in [6.45, 7) is 3.93. The fraction of sp³-hybridized carbons (Fsp3) is 0.389. The molecular weight excluding hydrogens is 344 g/mol. The molecule has 134 valence electrons. The number of rotatable bonds is 8. The molecule has 0 spiro atoms. The molecule has 1 aromatic heterocycles. The number of oxazole rings is 1. The van der Waals surface area contributed by atoms with Gasteiger partial charge in [0.1, 0.15) is 0 Å². The van der Waals surface area contributed by atoms with E-state index in [1.54, 1.807) is 23.2 Å². The van der Waals surface area contributed by atoms with Crippen LogP contribution in [0.15, 0.2) is 34.9 Å². The average molecular weight is 365 g/mol. The summed E-state index contributed by atoms with van der Waals surface area (Å²) in [5.41, 5.74) is 0.861. The molecule has 7 heteroatoms. The number of carboxylic acid groups (broad SMARTS) is 1. The minimum Gasteiger partial charge on any atom is -0.481 e. The third-order valence-electron chi connectivity index (χ3n) is 3.75.